The highest BCUT2D eigenvalue weighted by molar-refractivity contribution is 5.62. The first-order valence-electron chi connectivity index (χ1n) is 7.21. The standard InChI is InChI=1S/C15H25N3O2/c1-5-16-14-9-13(7-8-15(14)18(19)20)11-17(6-2)10-12(3)4/h7-9,12,16H,5-6,10-11H2,1-4H3. The summed E-state index contributed by atoms with van der Waals surface area (Å²) in [5.74, 6) is 0.612. The van der Waals surface area contributed by atoms with Gasteiger partial charge in [-0.3, -0.25) is 15.0 Å². The topological polar surface area (TPSA) is 58.4 Å². The number of nitro benzene ring substituents is 1. The van der Waals surface area contributed by atoms with Gasteiger partial charge < -0.3 is 5.32 Å². The number of nitro groups is 1. The molecule has 112 valence electrons. The van der Waals surface area contributed by atoms with Gasteiger partial charge in [-0.25, -0.2) is 0 Å². The molecule has 0 unspecified atom stereocenters. The van der Waals surface area contributed by atoms with Crippen LogP contribution in [0.15, 0.2) is 18.2 Å². The van der Waals surface area contributed by atoms with Crippen molar-refractivity contribution in [1.82, 2.24) is 4.90 Å². The van der Waals surface area contributed by atoms with E-state index in [2.05, 4.69) is 31.0 Å². The molecule has 0 radical (unpaired) electrons. The van der Waals surface area contributed by atoms with Crippen LogP contribution < -0.4 is 5.32 Å². The summed E-state index contributed by atoms with van der Waals surface area (Å²) in [6.07, 6.45) is 0. The van der Waals surface area contributed by atoms with Crippen LogP contribution in [0.5, 0.6) is 0 Å². The van der Waals surface area contributed by atoms with E-state index in [1.165, 1.54) is 0 Å². The van der Waals surface area contributed by atoms with E-state index < -0.39 is 0 Å². The van der Waals surface area contributed by atoms with Crippen molar-refractivity contribution < 1.29 is 4.92 Å². The molecule has 0 aliphatic rings. The molecule has 1 rings (SSSR count). The lowest BCUT2D eigenvalue weighted by atomic mass is 10.1. The number of hydrogen-bond acceptors (Lipinski definition) is 4. The Morgan fingerprint density at radius 1 is 1.35 bits per heavy atom. The number of nitrogens with one attached hydrogen (secondary N) is 1. The highest BCUT2D eigenvalue weighted by Gasteiger charge is 2.14. The van der Waals surface area contributed by atoms with Gasteiger partial charge in [0.25, 0.3) is 5.69 Å². The summed E-state index contributed by atoms with van der Waals surface area (Å²) in [7, 11) is 0. The zero-order valence-corrected chi connectivity index (χ0v) is 12.8. The van der Waals surface area contributed by atoms with E-state index in [1.54, 1.807) is 6.07 Å². The Morgan fingerprint density at radius 2 is 2.05 bits per heavy atom. The highest BCUT2D eigenvalue weighted by Crippen LogP contribution is 2.26. The van der Waals surface area contributed by atoms with Crippen LogP contribution in [-0.2, 0) is 6.54 Å². The maximum atomic E-state index is 11.0. The molecule has 0 amide bonds. The van der Waals surface area contributed by atoms with Crippen LogP contribution in [-0.4, -0.2) is 29.5 Å². The van der Waals surface area contributed by atoms with Gasteiger partial charge in [-0.1, -0.05) is 26.8 Å². The van der Waals surface area contributed by atoms with Crippen molar-refractivity contribution in [2.45, 2.75) is 34.2 Å². The Morgan fingerprint density at radius 3 is 2.55 bits per heavy atom. The molecule has 0 saturated heterocycles. The normalized spacial score (nSPS) is 11.1. The maximum absolute atomic E-state index is 11.0. The van der Waals surface area contributed by atoms with Gasteiger partial charge in [-0.2, -0.15) is 0 Å². The molecule has 1 aromatic carbocycles. The van der Waals surface area contributed by atoms with Gasteiger partial charge in [-0.15, -0.1) is 0 Å². The first-order valence-corrected chi connectivity index (χ1v) is 7.21. The van der Waals surface area contributed by atoms with Crippen LogP contribution in [0, 0.1) is 16.0 Å². The Bertz CT molecular complexity index is 447. The molecule has 0 fully saturated rings. The van der Waals surface area contributed by atoms with Gasteiger partial charge >= 0.3 is 0 Å². The minimum atomic E-state index is -0.340. The smallest absolute Gasteiger partial charge is 0.292 e. The number of rotatable bonds is 8. The second-order valence-corrected chi connectivity index (χ2v) is 5.36. The molecule has 0 atom stereocenters. The average Bonchev–Trinajstić information content (AvgIpc) is 2.37. The predicted molar refractivity (Wildman–Crippen MR) is 83.0 cm³/mol. The minimum Gasteiger partial charge on any atom is -0.380 e. The summed E-state index contributed by atoms with van der Waals surface area (Å²) in [5.41, 5.74) is 1.85. The molecule has 0 aliphatic heterocycles. The summed E-state index contributed by atoms with van der Waals surface area (Å²) in [6.45, 7) is 12.0. The summed E-state index contributed by atoms with van der Waals surface area (Å²) in [4.78, 5) is 13.0. The molecule has 5 heteroatoms. The van der Waals surface area contributed by atoms with E-state index in [0.717, 1.165) is 25.2 Å². The van der Waals surface area contributed by atoms with Crippen LogP contribution in [0.25, 0.3) is 0 Å². The van der Waals surface area contributed by atoms with Crippen molar-refractivity contribution >= 4 is 11.4 Å². The van der Waals surface area contributed by atoms with Crippen molar-refractivity contribution in [3.8, 4) is 0 Å². The fourth-order valence-corrected chi connectivity index (χ4v) is 2.25. The largest absolute Gasteiger partial charge is 0.380 e. The molecular weight excluding hydrogens is 254 g/mol. The zero-order chi connectivity index (χ0) is 15.1. The lowest BCUT2D eigenvalue weighted by Crippen LogP contribution is -2.27. The molecule has 0 saturated carbocycles. The van der Waals surface area contributed by atoms with E-state index in [9.17, 15) is 10.1 Å². The van der Waals surface area contributed by atoms with Gasteiger partial charge in [0, 0.05) is 25.7 Å². The summed E-state index contributed by atoms with van der Waals surface area (Å²) in [6, 6.07) is 5.34. The van der Waals surface area contributed by atoms with Crippen molar-refractivity contribution in [3.05, 3.63) is 33.9 Å². The van der Waals surface area contributed by atoms with Crippen molar-refractivity contribution in [3.63, 3.8) is 0 Å². The number of anilines is 1. The average molecular weight is 279 g/mol. The molecular formula is C15H25N3O2. The number of benzene rings is 1. The predicted octanol–water partition coefficient (Wildman–Crippen LogP) is 3.50. The maximum Gasteiger partial charge on any atom is 0.292 e. The second kappa shape index (κ2) is 7.85. The number of hydrogen-bond donors (Lipinski definition) is 1. The zero-order valence-electron chi connectivity index (χ0n) is 12.8. The van der Waals surface area contributed by atoms with E-state index in [-0.39, 0.29) is 10.6 Å². The Balaban J connectivity index is 2.90. The second-order valence-electron chi connectivity index (χ2n) is 5.36. The fraction of sp³-hybridized carbons (Fsp3) is 0.600. The minimum absolute atomic E-state index is 0.141. The van der Waals surface area contributed by atoms with E-state index in [4.69, 9.17) is 0 Å². The fourth-order valence-electron chi connectivity index (χ4n) is 2.25. The highest BCUT2D eigenvalue weighted by atomic mass is 16.6. The van der Waals surface area contributed by atoms with E-state index in [1.807, 2.05) is 19.1 Å². The Kier molecular flexibility index (Phi) is 6.45. The quantitative estimate of drug-likeness (QED) is 0.584. The molecule has 0 bridgehead atoms. The molecule has 1 N–H and O–H groups in total. The monoisotopic (exact) mass is 279 g/mol. The lowest BCUT2D eigenvalue weighted by Gasteiger charge is -2.22. The SMILES string of the molecule is CCNc1cc(CN(CC)CC(C)C)ccc1[N+](=O)[O-]. The van der Waals surface area contributed by atoms with Gasteiger partial charge in [0.1, 0.15) is 5.69 Å². The molecule has 5 nitrogen and oxygen atoms in total. The molecule has 1 aromatic rings. The van der Waals surface area contributed by atoms with Crippen molar-refractivity contribution in [1.29, 1.82) is 0 Å². The third-order valence-electron chi connectivity index (χ3n) is 3.10. The van der Waals surface area contributed by atoms with Crippen molar-refractivity contribution in [2.24, 2.45) is 5.92 Å². The van der Waals surface area contributed by atoms with Crippen LogP contribution >= 0.6 is 0 Å². The third kappa shape index (κ3) is 4.81. The van der Waals surface area contributed by atoms with Crippen LogP contribution in [0.1, 0.15) is 33.3 Å². The van der Waals surface area contributed by atoms with Gasteiger partial charge in [-0.05, 0) is 31.0 Å². The van der Waals surface area contributed by atoms with Gasteiger partial charge in [0.15, 0.2) is 0 Å². The van der Waals surface area contributed by atoms with E-state index >= 15 is 0 Å². The molecule has 0 aliphatic carbocycles. The Hall–Kier alpha value is -1.62. The summed E-state index contributed by atoms with van der Waals surface area (Å²) >= 11 is 0. The molecule has 0 aromatic heterocycles. The summed E-state index contributed by atoms with van der Waals surface area (Å²) in [5, 5.41) is 14.1. The molecule has 0 heterocycles. The van der Waals surface area contributed by atoms with Crippen LogP contribution in [0.3, 0.4) is 0 Å². The van der Waals surface area contributed by atoms with Gasteiger partial charge in [0.05, 0.1) is 4.92 Å². The van der Waals surface area contributed by atoms with Crippen LogP contribution in [0.4, 0.5) is 11.4 Å². The van der Waals surface area contributed by atoms with Crippen LogP contribution in [0.2, 0.25) is 0 Å². The van der Waals surface area contributed by atoms with Gasteiger partial charge in [0.2, 0.25) is 0 Å². The lowest BCUT2D eigenvalue weighted by molar-refractivity contribution is -0.384. The molecule has 20 heavy (non-hydrogen) atoms. The summed E-state index contributed by atoms with van der Waals surface area (Å²) < 4.78 is 0. The first kappa shape index (κ1) is 16.4. The van der Waals surface area contributed by atoms with E-state index in [0.29, 0.717) is 18.2 Å². The van der Waals surface area contributed by atoms with Crippen molar-refractivity contribution in [2.75, 3.05) is 25.0 Å². The number of nitrogens with zero attached hydrogens (tertiary/aromatic N) is 2. The third-order valence-corrected chi connectivity index (χ3v) is 3.10. The molecule has 0 spiro atoms. The first-order chi connectivity index (χ1) is 9.47. The Labute approximate surface area is 121 Å².